The lowest BCUT2D eigenvalue weighted by Crippen LogP contribution is -2.17. The summed E-state index contributed by atoms with van der Waals surface area (Å²) in [7, 11) is 0. The van der Waals surface area contributed by atoms with E-state index in [-0.39, 0.29) is 11.8 Å². The second-order valence-electron chi connectivity index (χ2n) is 3.10. The molecule has 0 bridgehead atoms. The number of H-pyrrole nitrogens is 1. The number of nitrogens with zero attached hydrogens (tertiary/aromatic N) is 2. The van der Waals surface area contributed by atoms with Gasteiger partial charge in [0.25, 0.3) is 0 Å². The number of nitrogens with two attached hydrogens (primary N) is 1. The molecule has 0 atom stereocenters. The maximum Gasteiger partial charge on any atom is 0.306 e. The van der Waals surface area contributed by atoms with E-state index in [9.17, 15) is 4.79 Å². The van der Waals surface area contributed by atoms with Gasteiger partial charge in [-0.05, 0) is 12.1 Å². The maximum absolute atomic E-state index is 11.0. The highest BCUT2D eigenvalue weighted by Gasteiger charge is 2.08. The Kier molecular flexibility index (Phi) is 3.16. The molecule has 0 radical (unpaired) electrons. The molecule has 8 heteroatoms. The Morgan fingerprint density at radius 3 is 2.53 bits per heavy atom. The Hall–Kier alpha value is -1.79. The topological polar surface area (TPSA) is 96.7 Å². The number of hydrogen-bond donors (Lipinski definition) is 3. The van der Waals surface area contributed by atoms with Gasteiger partial charge in [-0.1, -0.05) is 29.3 Å². The van der Waals surface area contributed by atoms with Gasteiger partial charge in [-0.2, -0.15) is 4.98 Å². The summed E-state index contributed by atoms with van der Waals surface area (Å²) < 4.78 is 0. The molecule has 1 aromatic heterocycles. The molecule has 0 saturated heterocycles. The average molecular weight is 272 g/mol. The SMILES string of the molecule is Nc1nc(Nc2c(Cl)cccc2Cl)n[nH]c1=O. The summed E-state index contributed by atoms with van der Waals surface area (Å²) in [5.74, 6) is -0.0808. The highest BCUT2D eigenvalue weighted by atomic mass is 35.5. The third-order valence-electron chi connectivity index (χ3n) is 1.92. The first-order valence-corrected chi connectivity index (χ1v) is 5.27. The van der Waals surface area contributed by atoms with Gasteiger partial charge in [-0.25, -0.2) is 5.10 Å². The Bertz CT molecular complexity index is 592. The second kappa shape index (κ2) is 4.60. The van der Waals surface area contributed by atoms with Crippen LogP contribution < -0.4 is 16.6 Å². The van der Waals surface area contributed by atoms with E-state index in [2.05, 4.69) is 20.5 Å². The monoisotopic (exact) mass is 271 g/mol. The van der Waals surface area contributed by atoms with Crippen LogP contribution in [0.2, 0.25) is 10.0 Å². The van der Waals surface area contributed by atoms with E-state index in [1.54, 1.807) is 18.2 Å². The summed E-state index contributed by atoms with van der Waals surface area (Å²) in [6, 6.07) is 5.02. The van der Waals surface area contributed by atoms with Crippen LogP contribution in [0.25, 0.3) is 0 Å². The highest BCUT2D eigenvalue weighted by molar-refractivity contribution is 6.39. The lowest BCUT2D eigenvalue weighted by atomic mass is 10.3. The van der Waals surface area contributed by atoms with E-state index < -0.39 is 5.56 Å². The number of aromatic amines is 1. The minimum Gasteiger partial charge on any atom is -0.379 e. The minimum atomic E-state index is -0.555. The number of nitrogen functional groups attached to an aromatic ring is 1. The van der Waals surface area contributed by atoms with Crippen LogP contribution in [0.1, 0.15) is 0 Å². The van der Waals surface area contributed by atoms with Crippen molar-refractivity contribution in [2.24, 2.45) is 0 Å². The number of nitrogens with one attached hydrogen (secondary N) is 2. The van der Waals surface area contributed by atoms with E-state index in [1.807, 2.05) is 0 Å². The number of rotatable bonds is 2. The Balaban J connectivity index is 2.38. The second-order valence-corrected chi connectivity index (χ2v) is 3.91. The average Bonchev–Trinajstić information content (AvgIpc) is 2.28. The molecule has 0 fully saturated rings. The Labute approximate surface area is 106 Å². The molecule has 17 heavy (non-hydrogen) atoms. The van der Waals surface area contributed by atoms with Crippen molar-refractivity contribution in [1.29, 1.82) is 0 Å². The molecule has 0 spiro atoms. The van der Waals surface area contributed by atoms with Crippen LogP contribution in [0.3, 0.4) is 0 Å². The van der Waals surface area contributed by atoms with Crippen molar-refractivity contribution in [3.8, 4) is 0 Å². The summed E-state index contributed by atoms with van der Waals surface area (Å²) >= 11 is 11.9. The smallest absolute Gasteiger partial charge is 0.306 e. The summed E-state index contributed by atoms with van der Waals surface area (Å²) in [5.41, 5.74) is 5.24. The largest absolute Gasteiger partial charge is 0.379 e. The zero-order valence-electron chi connectivity index (χ0n) is 8.37. The van der Waals surface area contributed by atoms with Gasteiger partial charge in [0, 0.05) is 0 Å². The third kappa shape index (κ3) is 2.48. The normalized spacial score (nSPS) is 10.2. The molecule has 4 N–H and O–H groups in total. The summed E-state index contributed by atoms with van der Waals surface area (Å²) in [5, 5.41) is 9.43. The maximum atomic E-state index is 11.0. The summed E-state index contributed by atoms with van der Waals surface area (Å²) in [6.07, 6.45) is 0. The van der Waals surface area contributed by atoms with Crippen molar-refractivity contribution in [1.82, 2.24) is 15.2 Å². The molecular formula is C9H7Cl2N5O. The van der Waals surface area contributed by atoms with E-state index in [1.165, 1.54) is 0 Å². The Morgan fingerprint density at radius 1 is 1.29 bits per heavy atom. The van der Waals surface area contributed by atoms with Gasteiger partial charge in [0.1, 0.15) is 0 Å². The highest BCUT2D eigenvalue weighted by Crippen LogP contribution is 2.31. The summed E-state index contributed by atoms with van der Waals surface area (Å²) in [4.78, 5) is 14.7. The van der Waals surface area contributed by atoms with Gasteiger partial charge in [-0.15, -0.1) is 5.10 Å². The van der Waals surface area contributed by atoms with Crippen LogP contribution in [0, 0.1) is 0 Å². The van der Waals surface area contributed by atoms with Crippen molar-refractivity contribution in [3.05, 3.63) is 38.6 Å². The predicted octanol–water partition coefficient (Wildman–Crippen LogP) is 1.80. The molecule has 88 valence electrons. The fraction of sp³-hybridized carbons (Fsp3) is 0. The van der Waals surface area contributed by atoms with Crippen LogP contribution in [0.15, 0.2) is 23.0 Å². The predicted molar refractivity (Wildman–Crippen MR) is 66.8 cm³/mol. The van der Waals surface area contributed by atoms with Gasteiger partial charge < -0.3 is 11.1 Å². The van der Waals surface area contributed by atoms with Gasteiger partial charge in [-0.3, -0.25) is 4.79 Å². The van der Waals surface area contributed by atoms with Crippen LogP contribution in [0.4, 0.5) is 17.5 Å². The molecule has 2 aromatic rings. The number of aromatic nitrogens is 3. The fourth-order valence-corrected chi connectivity index (χ4v) is 1.63. The van der Waals surface area contributed by atoms with E-state index in [0.717, 1.165) is 0 Å². The molecule has 6 nitrogen and oxygen atoms in total. The quantitative estimate of drug-likeness (QED) is 0.774. The lowest BCUT2D eigenvalue weighted by molar-refractivity contribution is 0.948. The van der Waals surface area contributed by atoms with Gasteiger partial charge in [0.15, 0.2) is 5.82 Å². The molecule has 0 amide bonds. The van der Waals surface area contributed by atoms with Crippen molar-refractivity contribution in [3.63, 3.8) is 0 Å². The number of hydrogen-bond acceptors (Lipinski definition) is 5. The van der Waals surface area contributed by atoms with Crippen molar-refractivity contribution in [2.75, 3.05) is 11.1 Å². The van der Waals surface area contributed by atoms with Crippen molar-refractivity contribution < 1.29 is 0 Å². The zero-order valence-corrected chi connectivity index (χ0v) is 9.88. The van der Waals surface area contributed by atoms with Crippen molar-refractivity contribution >= 4 is 40.7 Å². The first-order chi connectivity index (χ1) is 8.08. The number of para-hydroxylation sites is 1. The van der Waals surface area contributed by atoms with E-state index >= 15 is 0 Å². The number of halogens is 2. The number of benzene rings is 1. The molecule has 0 aliphatic heterocycles. The third-order valence-corrected chi connectivity index (χ3v) is 2.55. The molecule has 1 aromatic carbocycles. The standard InChI is InChI=1S/C9H7Cl2N5O/c10-4-2-1-3-5(11)6(4)13-9-14-7(12)8(17)15-16-9/h1-3H,(H,15,17)(H3,12,13,14,16). The number of anilines is 3. The summed E-state index contributed by atoms with van der Waals surface area (Å²) in [6.45, 7) is 0. The lowest BCUT2D eigenvalue weighted by Gasteiger charge is -2.08. The Morgan fingerprint density at radius 2 is 1.94 bits per heavy atom. The van der Waals surface area contributed by atoms with Crippen LogP contribution in [0.5, 0.6) is 0 Å². The zero-order chi connectivity index (χ0) is 12.4. The molecular weight excluding hydrogens is 265 g/mol. The first-order valence-electron chi connectivity index (χ1n) is 4.51. The first kappa shape index (κ1) is 11.7. The van der Waals surface area contributed by atoms with Crippen LogP contribution in [-0.2, 0) is 0 Å². The minimum absolute atomic E-state index is 0.108. The van der Waals surface area contributed by atoms with Crippen LogP contribution in [-0.4, -0.2) is 15.2 Å². The molecule has 1 heterocycles. The molecule has 0 unspecified atom stereocenters. The van der Waals surface area contributed by atoms with Gasteiger partial charge in [0.2, 0.25) is 5.95 Å². The molecule has 0 aliphatic rings. The van der Waals surface area contributed by atoms with E-state index in [4.69, 9.17) is 28.9 Å². The van der Waals surface area contributed by atoms with Gasteiger partial charge in [0.05, 0.1) is 15.7 Å². The fourth-order valence-electron chi connectivity index (χ4n) is 1.14. The molecule has 2 rings (SSSR count). The van der Waals surface area contributed by atoms with Crippen LogP contribution >= 0.6 is 23.2 Å². The van der Waals surface area contributed by atoms with Crippen molar-refractivity contribution in [2.45, 2.75) is 0 Å². The van der Waals surface area contributed by atoms with E-state index in [0.29, 0.717) is 15.7 Å². The molecule has 0 saturated carbocycles. The molecule has 0 aliphatic carbocycles. The van der Waals surface area contributed by atoms with Gasteiger partial charge >= 0.3 is 5.56 Å².